The molecule has 3 atom stereocenters. The third-order valence-corrected chi connectivity index (χ3v) is 6.25. The van der Waals surface area contributed by atoms with Gasteiger partial charge in [-0.15, -0.1) is 0 Å². The third kappa shape index (κ3) is 7.99. The number of carboxylic acid groups (broad SMARTS) is 1. The Morgan fingerprint density at radius 2 is 1.84 bits per heavy atom. The molecule has 1 aromatic rings. The number of halogens is 3. The van der Waals surface area contributed by atoms with Gasteiger partial charge in [0.2, 0.25) is 0 Å². The Balaban J connectivity index is 2.33. The molecular weight excluding hydrogens is 403 g/mol. The highest BCUT2D eigenvalue weighted by atomic mass is 19.4. The van der Waals surface area contributed by atoms with Crippen molar-refractivity contribution in [1.82, 2.24) is 4.90 Å². The lowest BCUT2D eigenvalue weighted by molar-refractivity contribution is -0.139. The van der Waals surface area contributed by atoms with Gasteiger partial charge in [-0.25, -0.2) is 0 Å². The van der Waals surface area contributed by atoms with Crippen LogP contribution in [0.15, 0.2) is 35.9 Å². The molecule has 0 saturated heterocycles. The maximum absolute atomic E-state index is 13.0. The molecule has 0 spiro atoms. The zero-order chi connectivity index (χ0) is 23.2. The first-order chi connectivity index (χ1) is 14.5. The van der Waals surface area contributed by atoms with E-state index in [9.17, 15) is 23.1 Å². The zero-order valence-electron chi connectivity index (χ0n) is 19.1. The van der Waals surface area contributed by atoms with Gasteiger partial charge in [-0.05, 0) is 81.5 Å². The minimum Gasteiger partial charge on any atom is -0.481 e. The molecule has 0 heterocycles. The van der Waals surface area contributed by atoms with Crippen LogP contribution in [0.1, 0.15) is 76.8 Å². The molecule has 31 heavy (non-hydrogen) atoms. The van der Waals surface area contributed by atoms with Gasteiger partial charge in [0.05, 0.1) is 5.56 Å². The van der Waals surface area contributed by atoms with Crippen molar-refractivity contribution >= 4 is 5.97 Å². The molecule has 1 aromatic carbocycles. The fourth-order valence-electron chi connectivity index (χ4n) is 4.50. The topological polar surface area (TPSA) is 40.5 Å². The van der Waals surface area contributed by atoms with Crippen molar-refractivity contribution in [3.05, 3.63) is 47.0 Å². The monoisotopic (exact) mass is 439 g/mol. The Bertz CT molecular complexity index is 736. The molecule has 1 fully saturated rings. The first-order valence-electron chi connectivity index (χ1n) is 11.2. The van der Waals surface area contributed by atoms with E-state index in [1.54, 1.807) is 12.1 Å². The van der Waals surface area contributed by atoms with E-state index in [2.05, 4.69) is 38.7 Å². The Morgan fingerprint density at radius 3 is 2.35 bits per heavy atom. The molecule has 3 nitrogen and oxygen atoms in total. The summed E-state index contributed by atoms with van der Waals surface area (Å²) >= 11 is 0. The third-order valence-electron chi connectivity index (χ3n) is 6.25. The van der Waals surface area contributed by atoms with Crippen molar-refractivity contribution in [3.63, 3.8) is 0 Å². The van der Waals surface area contributed by atoms with Crippen LogP contribution >= 0.6 is 0 Å². The zero-order valence-corrected chi connectivity index (χ0v) is 19.1. The van der Waals surface area contributed by atoms with Gasteiger partial charge in [-0.3, -0.25) is 9.69 Å². The Kier molecular flexibility index (Phi) is 9.16. The smallest absolute Gasteiger partial charge is 0.416 e. The van der Waals surface area contributed by atoms with Crippen molar-refractivity contribution in [2.45, 2.75) is 77.9 Å². The molecule has 0 radical (unpaired) electrons. The summed E-state index contributed by atoms with van der Waals surface area (Å²) in [5.41, 5.74) is 1.46. The van der Waals surface area contributed by atoms with E-state index in [0.717, 1.165) is 50.0 Å². The molecule has 1 saturated carbocycles. The quantitative estimate of drug-likeness (QED) is 0.433. The van der Waals surface area contributed by atoms with Crippen molar-refractivity contribution in [2.24, 2.45) is 11.8 Å². The molecule has 0 aromatic heterocycles. The van der Waals surface area contributed by atoms with Crippen LogP contribution in [0.4, 0.5) is 13.2 Å². The molecule has 0 amide bonds. The number of carboxylic acids is 1. The summed E-state index contributed by atoms with van der Waals surface area (Å²) in [6.07, 6.45) is 1.39. The van der Waals surface area contributed by atoms with Crippen LogP contribution in [0.3, 0.4) is 0 Å². The number of alkyl halides is 3. The first kappa shape index (κ1) is 25.4. The number of hydrogen-bond acceptors (Lipinski definition) is 2. The van der Waals surface area contributed by atoms with E-state index < -0.39 is 17.7 Å². The average Bonchev–Trinajstić information content (AvgIpc) is 2.67. The second-order valence-electron chi connectivity index (χ2n) is 9.53. The first-order valence-corrected chi connectivity index (χ1v) is 11.2. The van der Waals surface area contributed by atoms with Crippen molar-refractivity contribution in [3.8, 4) is 0 Å². The van der Waals surface area contributed by atoms with E-state index in [0.29, 0.717) is 12.3 Å². The normalized spacial score (nSPS) is 22.0. The predicted octanol–water partition coefficient (Wildman–Crippen LogP) is 6.75. The lowest BCUT2D eigenvalue weighted by Crippen LogP contribution is -2.44. The van der Waals surface area contributed by atoms with E-state index >= 15 is 0 Å². The van der Waals surface area contributed by atoms with Gasteiger partial charge in [0.25, 0.3) is 0 Å². The van der Waals surface area contributed by atoms with Gasteiger partial charge >= 0.3 is 12.1 Å². The highest BCUT2D eigenvalue weighted by molar-refractivity contribution is 5.67. The predicted molar refractivity (Wildman–Crippen MR) is 118 cm³/mol. The second-order valence-corrected chi connectivity index (χ2v) is 9.53. The minimum absolute atomic E-state index is 0.0260. The van der Waals surface area contributed by atoms with Gasteiger partial charge in [0.1, 0.15) is 0 Å². The second kappa shape index (κ2) is 11.2. The summed E-state index contributed by atoms with van der Waals surface area (Å²) in [5.74, 6) is -0.174. The van der Waals surface area contributed by atoms with Crippen LogP contribution in [-0.2, 0) is 11.0 Å². The molecular formula is C25H36F3NO2. The van der Waals surface area contributed by atoms with Gasteiger partial charge in [-0.2, -0.15) is 13.2 Å². The summed E-state index contributed by atoms with van der Waals surface area (Å²) in [6, 6.07) is 5.68. The average molecular weight is 440 g/mol. The summed E-state index contributed by atoms with van der Waals surface area (Å²) < 4.78 is 39.1. The molecule has 2 rings (SSSR count). The number of rotatable bonds is 9. The standard InChI is InChI=1S/C25H36F3NO2/c1-17(2)11-13-29(14-12-18(3)4)23-10-5-19(16-24(30)31)15-22(23)20-6-8-21(9-7-20)25(26,27)28/h6-9,11,18-19,22-23H,5,10,12-16H2,1-4H3,(H,30,31). The van der Waals surface area contributed by atoms with E-state index in [1.165, 1.54) is 5.57 Å². The summed E-state index contributed by atoms with van der Waals surface area (Å²) in [6.45, 7) is 10.2. The fraction of sp³-hybridized carbons (Fsp3) is 0.640. The van der Waals surface area contributed by atoms with Gasteiger partial charge in [0, 0.05) is 19.0 Å². The summed E-state index contributed by atoms with van der Waals surface area (Å²) in [7, 11) is 0. The molecule has 3 unspecified atom stereocenters. The number of nitrogens with zero attached hydrogens (tertiary/aromatic N) is 1. The van der Waals surface area contributed by atoms with E-state index in [1.807, 2.05) is 0 Å². The highest BCUT2D eigenvalue weighted by Crippen LogP contribution is 2.41. The Morgan fingerprint density at radius 1 is 1.19 bits per heavy atom. The van der Waals surface area contributed by atoms with Crippen LogP contribution in [0.25, 0.3) is 0 Å². The Hall–Kier alpha value is -1.82. The maximum Gasteiger partial charge on any atom is 0.416 e. The molecule has 174 valence electrons. The fourth-order valence-corrected chi connectivity index (χ4v) is 4.50. The van der Waals surface area contributed by atoms with Crippen LogP contribution in [0, 0.1) is 11.8 Å². The van der Waals surface area contributed by atoms with Crippen molar-refractivity contribution < 1.29 is 23.1 Å². The van der Waals surface area contributed by atoms with E-state index in [4.69, 9.17) is 0 Å². The lowest BCUT2D eigenvalue weighted by atomic mass is 9.73. The molecule has 1 aliphatic carbocycles. The Labute approximate surface area is 184 Å². The number of benzene rings is 1. The molecule has 0 aliphatic heterocycles. The number of aliphatic carboxylic acids is 1. The number of hydrogen-bond donors (Lipinski definition) is 1. The molecule has 0 bridgehead atoms. The minimum atomic E-state index is -4.36. The van der Waals surface area contributed by atoms with Crippen molar-refractivity contribution in [1.29, 1.82) is 0 Å². The van der Waals surface area contributed by atoms with E-state index in [-0.39, 0.29) is 24.3 Å². The lowest BCUT2D eigenvalue weighted by Gasteiger charge is -2.43. The van der Waals surface area contributed by atoms with Crippen LogP contribution < -0.4 is 0 Å². The van der Waals surface area contributed by atoms with Crippen LogP contribution in [-0.4, -0.2) is 35.1 Å². The van der Waals surface area contributed by atoms with Gasteiger partial charge in [0.15, 0.2) is 0 Å². The van der Waals surface area contributed by atoms with Gasteiger partial charge in [-0.1, -0.05) is 37.6 Å². The van der Waals surface area contributed by atoms with Gasteiger partial charge < -0.3 is 5.11 Å². The number of carbonyl (C=O) groups is 1. The largest absolute Gasteiger partial charge is 0.481 e. The van der Waals surface area contributed by atoms with Crippen LogP contribution in [0.5, 0.6) is 0 Å². The van der Waals surface area contributed by atoms with Crippen molar-refractivity contribution in [2.75, 3.05) is 13.1 Å². The molecule has 1 N–H and O–H groups in total. The summed E-state index contributed by atoms with van der Waals surface area (Å²) in [5, 5.41) is 9.27. The SMILES string of the molecule is CC(C)=CCN(CCC(C)C)C1CCC(CC(=O)O)CC1c1ccc(C(F)(F)F)cc1. The molecule has 1 aliphatic rings. The molecule has 6 heteroatoms. The van der Waals surface area contributed by atoms with Crippen LogP contribution in [0.2, 0.25) is 0 Å². The number of allylic oxidation sites excluding steroid dienone is 1. The highest BCUT2D eigenvalue weighted by Gasteiger charge is 2.36. The maximum atomic E-state index is 13.0. The summed E-state index contributed by atoms with van der Waals surface area (Å²) in [4.78, 5) is 13.7.